The summed E-state index contributed by atoms with van der Waals surface area (Å²) in [6.07, 6.45) is 1.80. The largest absolute Gasteiger partial charge is 0.285 e. The third-order valence-corrected chi connectivity index (χ3v) is 1.74. The van der Waals surface area contributed by atoms with Crippen molar-refractivity contribution in [3.63, 3.8) is 0 Å². The molecule has 0 aliphatic carbocycles. The molecule has 0 spiro atoms. The number of rotatable bonds is 2. The minimum absolute atomic E-state index is 0.00398. The zero-order chi connectivity index (χ0) is 8.27. The molecule has 0 bridgehead atoms. The molecule has 11 heavy (non-hydrogen) atoms. The van der Waals surface area contributed by atoms with Crippen molar-refractivity contribution in [3.8, 4) is 0 Å². The van der Waals surface area contributed by atoms with Crippen molar-refractivity contribution in [2.45, 2.75) is 12.3 Å². The molecule has 0 aliphatic heterocycles. The van der Waals surface area contributed by atoms with E-state index in [-0.39, 0.29) is 5.38 Å². The highest BCUT2D eigenvalue weighted by Gasteiger charge is 1.99. The molecule has 1 atom stereocenters. The lowest BCUT2D eigenvalue weighted by atomic mass is 10.1. The Bertz CT molecular complexity index is 238. The van der Waals surface area contributed by atoms with Crippen LogP contribution in [0.15, 0.2) is 24.3 Å². The molecule has 1 aromatic rings. The van der Waals surface area contributed by atoms with Gasteiger partial charge in [-0.2, -0.15) is 0 Å². The Morgan fingerprint density at radius 1 is 1.36 bits per heavy atom. The molecule has 1 nitrogen and oxygen atoms in total. The quantitative estimate of drug-likeness (QED) is 0.619. The normalized spacial score (nSPS) is 12.5. The molecule has 0 aromatic heterocycles. The summed E-state index contributed by atoms with van der Waals surface area (Å²) < 4.78 is 0. The molecule has 1 aromatic carbocycles. The molecule has 1 unspecified atom stereocenters. The first-order valence-electron chi connectivity index (χ1n) is 3.36. The van der Waals surface area contributed by atoms with E-state index in [1.54, 1.807) is 18.4 Å². The minimum Gasteiger partial charge on any atom is -0.285 e. The van der Waals surface area contributed by atoms with Crippen molar-refractivity contribution >= 4 is 17.9 Å². The van der Waals surface area contributed by atoms with Crippen molar-refractivity contribution in [2.24, 2.45) is 0 Å². The van der Waals surface area contributed by atoms with E-state index >= 15 is 0 Å². The number of alkyl halides is 1. The molecule has 0 heterocycles. The molecule has 57 valence electrons. The summed E-state index contributed by atoms with van der Waals surface area (Å²) in [5.74, 6) is 0. The Hall–Kier alpha value is -0.820. The van der Waals surface area contributed by atoms with Crippen LogP contribution in [0.2, 0.25) is 0 Å². The lowest BCUT2D eigenvalue weighted by molar-refractivity contribution is 0.563. The summed E-state index contributed by atoms with van der Waals surface area (Å²) in [4.78, 5) is 10.1. The first kappa shape index (κ1) is 8.28. The van der Waals surface area contributed by atoms with Crippen LogP contribution in [0.3, 0.4) is 0 Å². The topological polar surface area (TPSA) is 17.1 Å². The molecule has 0 aliphatic rings. The summed E-state index contributed by atoms with van der Waals surface area (Å²) in [6.45, 7) is 1.89. The van der Waals surface area contributed by atoms with Gasteiger partial charge >= 0.3 is 0 Å². The maximum absolute atomic E-state index is 10.1. The van der Waals surface area contributed by atoms with Crippen molar-refractivity contribution < 1.29 is 4.79 Å². The molecule has 1 rings (SSSR count). The van der Waals surface area contributed by atoms with Gasteiger partial charge in [0.15, 0.2) is 0 Å². The minimum atomic E-state index is -0.00398. The van der Waals surface area contributed by atoms with Crippen molar-refractivity contribution in [1.29, 1.82) is 0 Å². The van der Waals surface area contributed by atoms with E-state index in [2.05, 4.69) is 0 Å². The van der Waals surface area contributed by atoms with Crippen LogP contribution >= 0.6 is 11.6 Å². The average Bonchev–Trinajstić information content (AvgIpc) is 2.05. The SMILES string of the molecule is CC(Cl)c1ccc([C]=O)cc1. The zero-order valence-corrected chi connectivity index (χ0v) is 6.93. The van der Waals surface area contributed by atoms with Crippen molar-refractivity contribution in [1.82, 2.24) is 0 Å². The van der Waals surface area contributed by atoms with Gasteiger partial charge in [-0.25, -0.2) is 0 Å². The molecular weight excluding hydrogens is 160 g/mol. The van der Waals surface area contributed by atoms with Gasteiger partial charge in [0.2, 0.25) is 6.29 Å². The highest BCUT2D eigenvalue weighted by molar-refractivity contribution is 6.20. The Morgan fingerprint density at radius 2 is 1.91 bits per heavy atom. The highest BCUT2D eigenvalue weighted by Crippen LogP contribution is 2.18. The molecule has 0 N–H and O–H groups in total. The average molecular weight is 168 g/mol. The van der Waals surface area contributed by atoms with Gasteiger partial charge in [-0.15, -0.1) is 11.6 Å². The van der Waals surface area contributed by atoms with E-state index < -0.39 is 0 Å². The van der Waals surface area contributed by atoms with E-state index in [1.165, 1.54) is 0 Å². The van der Waals surface area contributed by atoms with Crippen LogP contribution in [-0.4, -0.2) is 6.29 Å². The third kappa shape index (κ3) is 2.05. The molecular formula is C9H8ClO. The molecule has 2 heteroatoms. The molecule has 0 saturated carbocycles. The van der Waals surface area contributed by atoms with Crippen molar-refractivity contribution in [3.05, 3.63) is 35.4 Å². The third-order valence-electron chi connectivity index (χ3n) is 1.49. The van der Waals surface area contributed by atoms with E-state index in [4.69, 9.17) is 11.6 Å². The van der Waals surface area contributed by atoms with Gasteiger partial charge in [-0.05, 0) is 12.5 Å². The van der Waals surface area contributed by atoms with E-state index in [0.29, 0.717) is 5.56 Å². The number of carbonyl (C=O) groups excluding carboxylic acids is 1. The first-order valence-corrected chi connectivity index (χ1v) is 3.80. The van der Waals surface area contributed by atoms with Gasteiger partial charge < -0.3 is 0 Å². The Balaban J connectivity index is 2.91. The van der Waals surface area contributed by atoms with Crippen LogP contribution in [0.4, 0.5) is 0 Å². The van der Waals surface area contributed by atoms with Crippen LogP contribution in [-0.2, 0) is 4.79 Å². The second-order valence-corrected chi connectivity index (χ2v) is 2.99. The maximum atomic E-state index is 10.1. The Labute approximate surface area is 71.0 Å². The van der Waals surface area contributed by atoms with E-state index in [0.717, 1.165) is 5.56 Å². The predicted molar refractivity (Wildman–Crippen MR) is 45.5 cm³/mol. The number of hydrogen-bond donors (Lipinski definition) is 0. The van der Waals surface area contributed by atoms with Crippen LogP contribution in [0, 0.1) is 0 Å². The van der Waals surface area contributed by atoms with Crippen LogP contribution in [0.1, 0.15) is 23.4 Å². The Kier molecular flexibility index (Phi) is 2.66. The van der Waals surface area contributed by atoms with E-state index in [9.17, 15) is 4.79 Å². The Morgan fingerprint density at radius 3 is 2.27 bits per heavy atom. The number of hydrogen-bond acceptors (Lipinski definition) is 1. The summed E-state index contributed by atoms with van der Waals surface area (Å²) in [6, 6.07) is 7.08. The lowest BCUT2D eigenvalue weighted by Gasteiger charge is -2.01. The highest BCUT2D eigenvalue weighted by atomic mass is 35.5. The summed E-state index contributed by atoms with van der Waals surface area (Å²) in [5, 5.41) is -0.00398. The molecule has 0 saturated heterocycles. The van der Waals surface area contributed by atoms with Gasteiger partial charge in [0.1, 0.15) is 0 Å². The van der Waals surface area contributed by atoms with E-state index in [1.807, 2.05) is 19.1 Å². The van der Waals surface area contributed by atoms with Gasteiger partial charge in [0, 0.05) is 5.56 Å². The molecule has 0 amide bonds. The van der Waals surface area contributed by atoms with Crippen LogP contribution in [0.5, 0.6) is 0 Å². The number of benzene rings is 1. The van der Waals surface area contributed by atoms with Gasteiger partial charge in [0.05, 0.1) is 5.38 Å². The van der Waals surface area contributed by atoms with Gasteiger partial charge in [0.25, 0.3) is 0 Å². The van der Waals surface area contributed by atoms with Gasteiger partial charge in [-0.1, -0.05) is 24.3 Å². The standard InChI is InChI=1S/C9H8ClO/c1-7(10)9-4-2-8(6-11)3-5-9/h2-5,7H,1H3. The summed E-state index contributed by atoms with van der Waals surface area (Å²) >= 11 is 5.80. The van der Waals surface area contributed by atoms with Crippen LogP contribution < -0.4 is 0 Å². The van der Waals surface area contributed by atoms with Crippen molar-refractivity contribution in [2.75, 3.05) is 0 Å². The molecule has 1 radical (unpaired) electrons. The fourth-order valence-corrected chi connectivity index (χ4v) is 0.962. The van der Waals surface area contributed by atoms with Crippen LogP contribution in [0.25, 0.3) is 0 Å². The fourth-order valence-electron chi connectivity index (χ4n) is 0.816. The zero-order valence-electron chi connectivity index (χ0n) is 6.17. The summed E-state index contributed by atoms with van der Waals surface area (Å²) in [5.41, 5.74) is 1.58. The van der Waals surface area contributed by atoms with Gasteiger partial charge in [-0.3, -0.25) is 4.79 Å². The lowest BCUT2D eigenvalue weighted by Crippen LogP contribution is -1.85. The fraction of sp³-hybridized carbons (Fsp3) is 0.222. The monoisotopic (exact) mass is 167 g/mol. The second-order valence-electron chi connectivity index (χ2n) is 2.34. The first-order chi connectivity index (χ1) is 5.24. The second kappa shape index (κ2) is 3.54. The predicted octanol–water partition coefficient (Wildman–Crippen LogP) is 2.44. The molecule has 0 fully saturated rings. The maximum Gasteiger partial charge on any atom is 0.233 e. The smallest absolute Gasteiger partial charge is 0.233 e. The number of halogens is 1. The summed E-state index contributed by atoms with van der Waals surface area (Å²) in [7, 11) is 0.